The van der Waals surface area contributed by atoms with Gasteiger partial charge in [0.2, 0.25) is 0 Å². The molecule has 0 bridgehead atoms. The van der Waals surface area contributed by atoms with Crippen LogP contribution in [0.25, 0.3) is 0 Å². The van der Waals surface area contributed by atoms with E-state index in [1.165, 1.54) is 0 Å². The molecule has 1 aliphatic heterocycles. The van der Waals surface area contributed by atoms with E-state index in [-0.39, 0.29) is 10.5 Å². The normalized spacial score (nSPS) is 18.7. The number of aliphatic imine (C=N–C) groups is 1. The molecule has 0 saturated carbocycles. The van der Waals surface area contributed by atoms with Crippen molar-refractivity contribution in [2.24, 2.45) is 4.99 Å². The molecule has 0 aliphatic carbocycles. The van der Waals surface area contributed by atoms with Crippen LogP contribution in [0.15, 0.2) is 29.3 Å². The fourth-order valence-electron chi connectivity index (χ4n) is 1.36. The molecule has 0 aromatic heterocycles. The van der Waals surface area contributed by atoms with E-state index >= 15 is 0 Å². The molecule has 80 valence electrons. The van der Waals surface area contributed by atoms with Crippen molar-refractivity contribution in [1.29, 1.82) is 0 Å². The summed E-state index contributed by atoms with van der Waals surface area (Å²) in [6, 6.07) is 7.06. The number of anilines is 1. The number of aromatic hydroxyl groups is 1. The van der Waals surface area contributed by atoms with Crippen molar-refractivity contribution in [2.75, 3.05) is 11.9 Å². The minimum atomic E-state index is 0.180. The van der Waals surface area contributed by atoms with Gasteiger partial charge in [-0.1, -0.05) is 17.8 Å². The highest BCUT2D eigenvalue weighted by Crippen LogP contribution is 2.32. The molecular formula is C11H14N2OS. The smallest absolute Gasteiger partial charge is 0.161 e. The van der Waals surface area contributed by atoms with E-state index in [1.807, 2.05) is 12.1 Å². The predicted molar refractivity (Wildman–Crippen MR) is 65.7 cm³/mol. The second-order valence-electron chi connectivity index (χ2n) is 4.16. The molecule has 0 spiro atoms. The summed E-state index contributed by atoms with van der Waals surface area (Å²) in [6.07, 6.45) is 0. The van der Waals surface area contributed by atoms with Gasteiger partial charge in [-0.3, -0.25) is 4.99 Å². The SMILES string of the molecule is CC1(C)CN=C(Nc2cccc(O)c2)S1. The summed E-state index contributed by atoms with van der Waals surface area (Å²) >= 11 is 1.73. The standard InChI is InChI=1S/C11H14N2OS/c1-11(2)7-12-10(15-11)13-8-4-3-5-9(14)6-8/h3-6,14H,7H2,1-2H3,(H,12,13). The number of amidine groups is 1. The van der Waals surface area contributed by atoms with Gasteiger partial charge in [-0.2, -0.15) is 0 Å². The Morgan fingerprint density at radius 2 is 2.27 bits per heavy atom. The molecule has 2 N–H and O–H groups in total. The van der Waals surface area contributed by atoms with Crippen LogP contribution < -0.4 is 5.32 Å². The molecule has 0 fully saturated rings. The topological polar surface area (TPSA) is 44.6 Å². The zero-order valence-corrected chi connectivity index (χ0v) is 9.64. The quantitative estimate of drug-likeness (QED) is 0.768. The number of nitrogens with zero attached hydrogens (tertiary/aromatic N) is 1. The Balaban J connectivity index is 2.05. The Hall–Kier alpha value is -1.16. The van der Waals surface area contributed by atoms with Gasteiger partial charge >= 0.3 is 0 Å². The lowest BCUT2D eigenvalue weighted by molar-refractivity contribution is 0.475. The van der Waals surface area contributed by atoms with Gasteiger partial charge in [0.1, 0.15) is 5.75 Å². The molecule has 1 aliphatic rings. The summed E-state index contributed by atoms with van der Waals surface area (Å²) in [4.78, 5) is 4.40. The number of hydrogen-bond acceptors (Lipinski definition) is 4. The van der Waals surface area contributed by atoms with E-state index in [2.05, 4.69) is 24.2 Å². The first-order valence-corrected chi connectivity index (χ1v) is 5.66. The van der Waals surface area contributed by atoms with E-state index < -0.39 is 0 Å². The summed E-state index contributed by atoms with van der Waals surface area (Å²) in [5.41, 5.74) is 0.874. The Morgan fingerprint density at radius 3 is 2.87 bits per heavy atom. The van der Waals surface area contributed by atoms with Crippen molar-refractivity contribution in [3.05, 3.63) is 24.3 Å². The minimum Gasteiger partial charge on any atom is -0.508 e. The second-order valence-corrected chi connectivity index (χ2v) is 5.85. The Morgan fingerprint density at radius 1 is 1.47 bits per heavy atom. The van der Waals surface area contributed by atoms with Gasteiger partial charge in [0, 0.05) is 16.5 Å². The molecule has 2 rings (SSSR count). The van der Waals surface area contributed by atoms with Crippen LogP contribution >= 0.6 is 11.8 Å². The highest BCUT2D eigenvalue weighted by Gasteiger charge is 2.27. The molecule has 15 heavy (non-hydrogen) atoms. The average molecular weight is 222 g/mol. The fourth-order valence-corrected chi connectivity index (χ4v) is 2.31. The molecule has 1 aromatic carbocycles. The third-order valence-electron chi connectivity index (χ3n) is 2.07. The number of rotatable bonds is 1. The lowest BCUT2D eigenvalue weighted by atomic mass is 10.2. The van der Waals surface area contributed by atoms with Gasteiger partial charge in [0.15, 0.2) is 5.17 Å². The Bertz CT molecular complexity index is 401. The Labute approximate surface area is 93.6 Å². The van der Waals surface area contributed by atoms with Gasteiger partial charge in [0.05, 0.1) is 6.54 Å². The summed E-state index contributed by atoms with van der Waals surface area (Å²) < 4.78 is 0.180. The molecule has 4 heteroatoms. The number of nitrogens with one attached hydrogen (secondary N) is 1. The van der Waals surface area contributed by atoms with Crippen molar-refractivity contribution >= 4 is 22.6 Å². The monoisotopic (exact) mass is 222 g/mol. The number of phenolic OH excluding ortho intramolecular Hbond substituents is 1. The zero-order chi connectivity index (χ0) is 10.9. The number of phenols is 1. The molecule has 0 unspecified atom stereocenters. The number of benzene rings is 1. The Kier molecular flexibility index (Phi) is 2.61. The van der Waals surface area contributed by atoms with Crippen molar-refractivity contribution in [3.8, 4) is 5.75 Å². The molecule has 0 radical (unpaired) electrons. The summed E-state index contributed by atoms with van der Waals surface area (Å²) in [5.74, 6) is 0.267. The van der Waals surface area contributed by atoms with Gasteiger partial charge in [-0.05, 0) is 26.0 Å². The van der Waals surface area contributed by atoms with Gasteiger partial charge in [0.25, 0.3) is 0 Å². The average Bonchev–Trinajstić information content (AvgIpc) is 2.45. The van der Waals surface area contributed by atoms with Crippen LogP contribution in [0.3, 0.4) is 0 Å². The van der Waals surface area contributed by atoms with Crippen molar-refractivity contribution in [3.63, 3.8) is 0 Å². The molecule has 1 aromatic rings. The van der Waals surface area contributed by atoms with E-state index in [1.54, 1.807) is 23.9 Å². The highest BCUT2D eigenvalue weighted by atomic mass is 32.2. The summed E-state index contributed by atoms with van der Waals surface area (Å²) in [6.45, 7) is 5.16. The third-order valence-corrected chi connectivity index (χ3v) is 3.18. The maximum absolute atomic E-state index is 9.30. The maximum Gasteiger partial charge on any atom is 0.161 e. The van der Waals surface area contributed by atoms with Crippen LogP contribution in [-0.4, -0.2) is 21.6 Å². The first-order chi connectivity index (χ1) is 7.05. The molecule has 0 saturated heterocycles. The van der Waals surface area contributed by atoms with Gasteiger partial charge in [-0.15, -0.1) is 0 Å². The number of thioether (sulfide) groups is 1. The van der Waals surface area contributed by atoms with Crippen LogP contribution in [0, 0.1) is 0 Å². The van der Waals surface area contributed by atoms with Crippen LogP contribution in [0.4, 0.5) is 5.69 Å². The molecular weight excluding hydrogens is 208 g/mol. The number of hydrogen-bond donors (Lipinski definition) is 2. The van der Waals surface area contributed by atoms with Crippen LogP contribution in [0.1, 0.15) is 13.8 Å². The van der Waals surface area contributed by atoms with Crippen LogP contribution in [0.2, 0.25) is 0 Å². The zero-order valence-electron chi connectivity index (χ0n) is 8.82. The van der Waals surface area contributed by atoms with E-state index in [0.717, 1.165) is 17.4 Å². The second kappa shape index (κ2) is 3.77. The fraction of sp³-hybridized carbons (Fsp3) is 0.364. The lowest BCUT2D eigenvalue weighted by Crippen LogP contribution is -2.16. The van der Waals surface area contributed by atoms with E-state index in [9.17, 15) is 5.11 Å². The molecule has 0 atom stereocenters. The highest BCUT2D eigenvalue weighted by molar-refractivity contribution is 8.15. The summed E-state index contributed by atoms with van der Waals surface area (Å²) in [5, 5.41) is 13.4. The first kappa shape index (κ1) is 10.4. The van der Waals surface area contributed by atoms with Gasteiger partial charge in [-0.25, -0.2) is 0 Å². The largest absolute Gasteiger partial charge is 0.508 e. The van der Waals surface area contributed by atoms with Crippen molar-refractivity contribution in [2.45, 2.75) is 18.6 Å². The first-order valence-electron chi connectivity index (χ1n) is 4.85. The predicted octanol–water partition coefficient (Wildman–Crippen LogP) is 2.69. The van der Waals surface area contributed by atoms with Crippen LogP contribution in [0.5, 0.6) is 5.75 Å². The molecule has 3 nitrogen and oxygen atoms in total. The summed E-state index contributed by atoms with van der Waals surface area (Å²) in [7, 11) is 0. The van der Waals surface area contributed by atoms with E-state index in [0.29, 0.717) is 0 Å². The van der Waals surface area contributed by atoms with Gasteiger partial charge < -0.3 is 10.4 Å². The van der Waals surface area contributed by atoms with Crippen LogP contribution in [-0.2, 0) is 0 Å². The van der Waals surface area contributed by atoms with Crippen molar-refractivity contribution in [1.82, 2.24) is 0 Å². The molecule has 1 heterocycles. The minimum absolute atomic E-state index is 0.180. The maximum atomic E-state index is 9.30. The van der Waals surface area contributed by atoms with E-state index in [4.69, 9.17) is 0 Å². The van der Waals surface area contributed by atoms with Crippen molar-refractivity contribution < 1.29 is 5.11 Å². The third kappa shape index (κ3) is 2.65. The lowest BCUT2D eigenvalue weighted by Gasteiger charge is -2.14. The molecule has 0 amide bonds.